The minimum atomic E-state index is -0.658. The molecule has 2 unspecified atom stereocenters. The number of aliphatic hydroxyl groups excluding tert-OH is 2. The number of amides is 1. The average molecular weight is 640 g/mol. The molecule has 0 aliphatic rings. The number of allylic oxidation sites excluding steroid dienone is 12. The van der Waals surface area contributed by atoms with Gasteiger partial charge in [-0.25, -0.2) is 0 Å². The van der Waals surface area contributed by atoms with Crippen LogP contribution in [0.5, 0.6) is 0 Å². The monoisotopic (exact) mass is 640 g/mol. The molecule has 0 aromatic carbocycles. The highest BCUT2D eigenvalue weighted by molar-refractivity contribution is 5.76. The van der Waals surface area contributed by atoms with Crippen LogP contribution in [0.25, 0.3) is 0 Å². The number of unbranched alkanes of at least 4 members (excludes halogenated alkanes) is 14. The molecular formula is C42H73NO3. The molecule has 2 atom stereocenters. The zero-order chi connectivity index (χ0) is 33.6. The van der Waals surface area contributed by atoms with Crippen LogP contribution in [0.4, 0.5) is 0 Å². The van der Waals surface area contributed by atoms with Crippen molar-refractivity contribution in [1.82, 2.24) is 5.32 Å². The molecule has 0 saturated carbocycles. The number of carbonyl (C=O) groups excluding carboxylic acids is 1. The molecule has 0 saturated heterocycles. The first-order valence-electron chi connectivity index (χ1n) is 19.1. The van der Waals surface area contributed by atoms with Gasteiger partial charge in [-0.3, -0.25) is 4.79 Å². The molecule has 0 aromatic rings. The number of nitrogens with one attached hydrogen (secondary N) is 1. The summed E-state index contributed by atoms with van der Waals surface area (Å²) in [5, 5.41) is 22.5. The molecule has 46 heavy (non-hydrogen) atoms. The molecule has 0 aliphatic heterocycles. The minimum Gasteiger partial charge on any atom is -0.394 e. The Balaban J connectivity index is 3.47. The third-order valence-electron chi connectivity index (χ3n) is 8.23. The lowest BCUT2D eigenvalue weighted by molar-refractivity contribution is -0.123. The molecule has 0 heterocycles. The van der Waals surface area contributed by atoms with Crippen molar-refractivity contribution in [3.63, 3.8) is 0 Å². The van der Waals surface area contributed by atoms with Crippen LogP contribution in [0, 0.1) is 0 Å². The molecule has 0 aromatic heterocycles. The largest absolute Gasteiger partial charge is 0.394 e. The third kappa shape index (κ3) is 33.2. The van der Waals surface area contributed by atoms with E-state index in [1.165, 1.54) is 70.6 Å². The van der Waals surface area contributed by atoms with Gasteiger partial charge in [-0.1, -0.05) is 170 Å². The lowest BCUT2D eigenvalue weighted by atomic mass is 10.0. The molecule has 4 nitrogen and oxygen atoms in total. The van der Waals surface area contributed by atoms with Gasteiger partial charge in [0.1, 0.15) is 0 Å². The van der Waals surface area contributed by atoms with Crippen LogP contribution in [-0.2, 0) is 4.79 Å². The summed E-state index contributed by atoms with van der Waals surface area (Å²) in [5.74, 6) is -0.0500. The van der Waals surface area contributed by atoms with E-state index in [1.54, 1.807) is 0 Å². The lowest BCUT2D eigenvalue weighted by Crippen LogP contribution is -2.45. The maximum Gasteiger partial charge on any atom is 0.220 e. The lowest BCUT2D eigenvalue weighted by Gasteiger charge is -2.22. The van der Waals surface area contributed by atoms with Gasteiger partial charge in [-0.15, -0.1) is 0 Å². The van der Waals surface area contributed by atoms with Gasteiger partial charge in [-0.2, -0.15) is 0 Å². The van der Waals surface area contributed by atoms with E-state index in [4.69, 9.17) is 0 Å². The van der Waals surface area contributed by atoms with E-state index in [1.807, 2.05) is 0 Å². The first-order valence-corrected chi connectivity index (χ1v) is 19.1. The minimum absolute atomic E-state index is 0.0500. The van der Waals surface area contributed by atoms with Gasteiger partial charge >= 0.3 is 0 Å². The SMILES string of the molecule is CC/C=C\C/C=C\C/C=C\C/C=C\C/C=C\C/C=C\CCCCCCCCCCCCCCC(=O)NC(CO)C(O)CCCCC. The van der Waals surface area contributed by atoms with Gasteiger partial charge in [-0.05, 0) is 64.2 Å². The van der Waals surface area contributed by atoms with E-state index < -0.39 is 12.1 Å². The quantitative estimate of drug-likeness (QED) is 0.0494. The fourth-order valence-electron chi connectivity index (χ4n) is 5.30. The Hall–Kier alpha value is -2.17. The molecule has 0 aliphatic carbocycles. The Morgan fingerprint density at radius 2 is 0.957 bits per heavy atom. The van der Waals surface area contributed by atoms with Crippen LogP contribution in [0.15, 0.2) is 72.9 Å². The second kappa shape index (κ2) is 37.3. The number of rotatable bonds is 33. The Morgan fingerprint density at radius 1 is 0.543 bits per heavy atom. The first-order chi connectivity index (χ1) is 22.7. The summed E-state index contributed by atoms with van der Waals surface area (Å²) in [6.07, 6.45) is 53.2. The van der Waals surface area contributed by atoms with Crippen molar-refractivity contribution in [2.75, 3.05) is 6.61 Å². The molecule has 0 radical (unpaired) electrons. The standard InChI is InChI=1S/C42H73NO3/c1-3-5-7-8-9-10-11-12-13-14-15-16-17-18-19-20-21-22-23-24-25-26-27-28-29-30-31-32-33-34-36-38-42(46)43-40(39-44)41(45)37-35-6-4-2/h5,7,9-10,12-13,15-16,18-19,21-22,40-41,44-45H,3-4,6,8,11,14,17,20,23-39H2,1-2H3,(H,43,46)/b7-5-,10-9-,13-12-,16-15-,19-18-,22-21-. The third-order valence-corrected chi connectivity index (χ3v) is 8.23. The van der Waals surface area contributed by atoms with Gasteiger partial charge in [0.25, 0.3) is 0 Å². The van der Waals surface area contributed by atoms with Gasteiger partial charge < -0.3 is 15.5 Å². The predicted molar refractivity (Wildman–Crippen MR) is 202 cm³/mol. The molecule has 4 heteroatoms. The highest BCUT2D eigenvalue weighted by Gasteiger charge is 2.19. The normalized spacial score (nSPS) is 13.9. The van der Waals surface area contributed by atoms with E-state index >= 15 is 0 Å². The molecule has 0 fully saturated rings. The summed E-state index contributed by atoms with van der Waals surface area (Å²) in [5.41, 5.74) is 0. The Morgan fingerprint density at radius 3 is 1.39 bits per heavy atom. The van der Waals surface area contributed by atoms with E-state index in [0.717, 1.165) is 70.6 Å². The van der Waals surface area contributed by atoms with Crippen molar-refractivity contribution in [1.29, 1.82) is 0 Å². The van der Waals surface area contributed by atoms with E-state index in [2.05, 4.69) is 92.1 Å². The summed E-state index contributed by atoms with van der Waals surface area (Å²) < 4.78 is 0. The molecule has 1 amide bonds. The molecular weight excluding hydrogens is 566 g/mol. The maximum absolute atomic E-state index is 12.2. The molecule has 0 rings (SSSR count). The van der Waals surface area contributed by atoms with Crippen LogP contribution in [0.3, 0.4) is 0 Å². The second-order valence-corrected chi connectivity index (χ2v) is 12.6. The van der Waals surface area contributed by atoms with Crippen LogP contribution < -0.4 is 5.32 Å². The zero-order valence-electron chi connectivity index (χ0n) is 30.1. The van der Waals surface area contributed by atoms with Gasteiger partial charge in [0, 0.05) is 6.42 Å². The van der Waals surface area contributed by atoms with E-state index in [0.29, 0.717) is 12.8 Å². The summed E-state index contributed by atoms with van der Waals surface area (Å²) in [4.78, 5) is 12.2. The highest BCUT2D eigenvalue weighted by Crippen LogP contribution is 2.14. The van der Waals surface area contributed by atoms with Crippen molar-refractivity contribution in [2.45, 2.75) is 180 Å². The summed E-state index contributed by atoms with van der Waals surface area (Å²) in [7, 11) is 0. The van der Waals surface area contributed by atoms with Crippen molar-refractivity contribution < 1.29 is 15.0 Å². The van der Waals surface area contributed by atoms with Crippen molar-refractivity contribution in [3.05, 3.63) is 72.9 Å². The van der Waals surface area contributed by atoms with Gasteiger partial charge in [0.05, 0.1) is 18.8 Å². The summed E-state index contributed by atoms with van der Waals surface area (Å²) >= 11 is 0. The van der Waals surface area contributed by atoms with Crippen LogP contribution in [-0.4, -0.2) is 34.9 Å². The smallest absolute Gasteiger partial charge is 0.220 e. The topological polar surface area (TPSA) is 69.6 Å². The molecule has 3 N–H and O–H groups in total. The van der Waals surface area contributed by atoms with Gasteiger partial charge in [0.2, 0.25) is 5.91 Å². The molecule has 264 valence electrons. The number of hydrogen-bond acceptors (Lipinski definition) is 3. The Kier molecular flexibility index (Phi) is 35.5. The molecule has 0 bridgehead atoms. The van der Waals surface area contributed by atoms with Gasteiger partial charge in [0.15, 0.2) is 0 Å². The number of carbonyl (C=O) groups is 1. The van der Waals surface area contributed by atoms with Crippen molar-refractivity contribution in [3.8, 4) is 0 Å². The molecule has 0 spiro atoms. The Bertz CT molecular complexity index is 823. The number of hydrogen-bond donors (Lipinski definition) is 3. The zero-order valence-corrected chi connectivity index (χ0v) is 30.1. The van der Waals surface area contributed by atoms with E-state index in [9.17, 15) is 15.0 Å². The van der Waals surface area contributed by atoms with Crippen LogP contribution >= 0.6 is 0 Å². The number of aliphatic hydroxyl groups is 2. The van der Waals surface area contributed by atoms with Crippen LogP contribution in [0.2, 0.25) is 0 Å². The fraction of sp³-hybridized carbons (Fsp3) is 0.690. The summed E-state index contributed by atoms with van der Waals surface area (Å²) in [6, 6.07) is -0.535. The highest BCUT2D eigenvalue weighted by atomic mass is 16.3. The fourth-order valence-corrected chi connectivity index (χ4v) is 5.30. The first kappa shape index (κ1) is 43.8. The average Bonchev–Trinajstić information content (AvgIpc) is 3.06. The van der Waals surface area contributed by atoms with Crippen LogP contribution in [0.1, 0.15) is 168 Å². The Labute approximate surface area is 285 Å². The maximum atomic E-state index is 12.2. The van der Waals surface area contributed by atoms with E-state index in [-0.39, 0.29) is 12.5 Å². The second-order valence-electron chi connectivity index (χ2n) is 12.6. The summed E-state index contributed by atoms with van der Waals surface area (Å²) in [6.45, 7) is 4.08. The van der Waals surface area contributed by atoms with Crippen molar-refractivity contribution >= 4 is 5.91 Å². The predicted octanol–water partition coefficient (Wildman–Crippen LogP) is 11.6. The van der Waals surface area contributed by atoms with Crippen molar-refractivity contribution in [2.24, 2.45) is 0 Å².